The number of hydrogen-bond acceptors (Lipinski definition) is 7. The number of Topliss-reactive ketones (excluding diaryl/α,β-unsaturated/α-hetero) is 1. The van der Waals surface area contributed by atoms with Crippen molar-refractivity contribution in [2.24, 2.45) is 0 Å². The number of hydrogen-bond donors (Lipinski definition) is 1. The summed E-state index contributed by atoms with van der Waals surface area (Å²) < 4.78 is 48.7. The Bertz CT molecular complexity index is 1020. The van der Waals surface area contributed by atoms with Crippen LogP contribution in [0.2, 0.25) is 0 Å². The molecule has 2 aromatic rings. The average Bonchev–Trinajstić information content (AvgIpc) is 3.20. The number of nitrogens with one attached hydrogen (secondary N) is 1. The Morgan fingerprint density at radius 2 is 1.78 bits per heavy atom. The predicted octanol–water partition coefficient (Wildman–Crippen LogP) is 2.79. The summed E-state index contributed by atoms with van der Waals surface area (Å²) in [5.41, 5.74) is -0.0925. The fourth-order valence-electron chi connectivity index (χ4n) is 3.61. The summed E-state index contributed by atoms with van der Waals surface area (Å²) >= 11 is 0. The van der Waals surface area contributed by atoms with Crippen LogP contribution in [0, 0.1) is 0 Å². The van der Waals surface area contributed by atoms with Crippen molar-refractivity contribution in [3.05, 3.63) is 41.6 Å². The topological polar surface area (TPSA) is 84.0 Å². The SMILES string of the molecule is CC(=O)c1cc2c(cc1NC(=O)CN1CCN(c3ccc(C(F)(F)F)cn3)CC1)OCO2. The van der Waals surface area contributed by atoms with Gasteiger partial charge in [0.1, 0.15) is 5.82 Å². The van der Waals surface area contributed by atoms with Gasteiger partial charge in [-0.05, 0) is 25.1 Å². The second-order valence-corrected chi connectivity index (χ2v) is 7.52. The fourth-order valence-corrected chi connectivity index (χ4v) is 3.61. The first kappa shape index (κ1) is 21.9. The van der Waals surface area contributed by atoms with Gasteiger partial charge in [0.05, 0.1) is 17.8 Å². The number of halogens is 3. The minimum absolute atomic E-state index is 0.0577. The molecule has 0 bridgehead atoms. The number of fused-ring (bicyclic) bond motifs is 1. The van der Waals surface area contributed by atoms with Gasteiger partial charge >= 0.3 is 6.18 Å². The molecule has 0 aliphatic carbocycles. The molecule has 1 aromatic heterocycles. The van der Waals surface area contributed by atoms with Crippen LogP contribution >= 0.6 is 0 Å². The summed E-state index contributed by atoms with van der Waals surface area (Å²) in [7, 11) is 0. The molecule has 0 unspecified atom stereocenters. The Labute approximate surface area is 181 Å². The minimum Gasteiger partial charge on any atom is -0.454 e. The van der Waals surface area contributed by atoms with E-state index >= 15 is 0 Å². The molecule has 1 N–H and O–H groups in total. The zero-order chi connectivity index (χ0) is 22.9. The van der Waals surface area contributed by atoms with Gasteiger partial charge in [0.2, 0.25) is 12.7 Å². The van der Waals surface area contributed by atoms with E-state index in [1.165, 1.54) is 13.0 Å². The lowest BCUT2D eigenvalue weighted by atomic mass is 10.1. The third kappa shape index (κ3) is 4.77. The second-order valence-electron chi connectivity index (χ2n) is 7.52. The highest BCUT2D eigenvalue weighted by atomic mass is 19.4. The summed E-state index contributed by atoms with van der Waals surface area (Å²) in [6, 6.07) is 5.50. The zero-order valence-electron chi connectivity index (χ0n) is 17.2. The Hall–Kier alpha value is -3.34. The number of pyridine rings is 1. The van der Waals surface area contributed by atoms with Crippen molar-refractivity contribution in [3.8, 4) is 11.5 Å². The molecule has 0 saturated carbocycles. The number of nitrogens with zero attached hydrogens (tertiary/aromatic N) is 3. The lowest BCUT2D eigenvalue weighted by Crippen LogP contribution is -2.49. The fraction of sp³-hybridized carbons (Fsp3) is 0.381. The third-order valence-corrected chi connectivity index (χ3v) is 5.30. The molecule has 11 heteroatoms. The van der Waals surface area contributed by atoms with Crippen molar-refractivity contribution in [3.63, 3.8) is 0 Å². The summed E-state index contributed by atoms with van der Waals surface area (Å²) in [6.07, 6.45) is -3.59. The molecule has 3 heterocycles. The van der Waals surface area contributed by atoms with Crippen molar-refractivity contribution in [1.82, 2.24) is 9.88 Å². The Morgan fingerprint density at radius 3 is 2.38 bits per heavy atom. The molecule has 32 heavy (non-hydrogen) atoms. The van der Waals surface area contributed by atoms with Crippen LogP contribution in [0.3, 0.4) is 0 Å². The highest BCUT2D eigenvalue weighted by molar-refractivity contribution is 6.05. The highest BCUT2D eigenvalue weighted by Crippen LogP contribution is 2.37. The van der Waals surface area contributed by atoms with Gasteiger partial charge in [-0.2, -0.15) is 13.2 Å². The molecule has 1 amide bonds. The van der Waals surface area contributed by atoms with E-state index in [1.807, 2.05) is 9.80 Å². The van der Waals surface area contributed by atoms with E-state index in [2.05, 4.69) is 10.3 Å². The maximum Gasteiger partial charge on any atom is 0.417 e. The van der Waals surface area contributed by atoms with Crippen molar-refractivity contribution >= 4 is 23.2 Å². The van der Waals surface area contributed by atoms with E-state index in [1.54, 1.807) is 12.1 Å². The predicted molar refractivity (Wildman–Crippen MR) is 109 cm³/mol. The van der Waals surface area contributed by atoms with Gasteiger partial charge in [-0.25, -0.2) is 4.98 Å². The molecule has 170 valence electrons. The van der Waals surface area contributed by atoms with Crippen molar-refractivity contribution in [2.45, 2.75) is 13.1 Å². The Morgan fingerprint density at radius 1 is 1.09 bits per heavy atom. The van der Waals surface area contributed by atoms with E-state index in [0.29, 0.717) is 54.7 Å². The van der Waals surface area contributed by atoms with E-state index in [0.717, 1.165) is 12.3 Å². The first-order valence-electron chi connectivity index (χ1n) is 9.95. The first-order valence-corrected chi connectivity index (χ1v) is 9.95. The van der Waals surface area contributed by atoms with Crippen LogP contribution in [-0.4, -0.2) is 61.1 Å². The molecule has 8 nitrogen and oxygen atoms in total. The number of piperazine rings is 1. The quantitative estimate of drug-likeness (QED) is 0.702. The molecular formula is C21H21F3N4O4. The number of benzene rings is 1. The van der Waals surface area contributed by atoms with Crippen LogP contribution in [0.4, 0.5) is 24.7 Å². The Kier molecular flexibility index (Phi) is 5.92. The summed E-state index contributed by atoms with van der Waals surface area (Å²) in [6.45, 7) is 3.69. The van der Waals surface area contributed by atoms with Crippen LogP contribution in [-0.2, 0) is 11.0 Å². The molecule has 2 aliphatic heterocycles. The maximum absolute atomic E-state index is 12.7. The van der Waals surface area contributed by atoms with E-state index in [4.69, 9.17) is 9.47 Å². The van der Waals surface area contributed by atoms with Gasteiger partial charge in [-0.1, -0.05) is 0 Å². The number of ether oxygens (including phenoxy) is 2. The van der Waals surface area contributed by atoms with Crippen LogP contribution in [0.1, 0.15) is 22.8 Å². The largest absolute Gasteiger partial charge is 0.454 e. The van der Waals surface area contributed by atoms with Crippen LogP contribution in [0.5, 0.6) is 11.5 Å². The molecule has 1 aromatic carbocycles. The number of carbonyl (C=O) groups excluding carboxylic acids is 2. The van der Waals surface area contributed by atoms with Gasteiger partial charge in [0, 0.05) is 44.0 Å². The molecule has 0 atom stereocenters. The van der Waals surface area contributed by atoms with E-state index in [9.17, 15) is 22.8 Å². The van der Waals surface area contributed by atoms with Gasteiger partial charge in [-0.15, -0.1) is 0 Å². The molecule has 2 aliphatic rings. The maximum atomic E-state index is 12.7. The normalized spacial score (nSPS) is 16.2. The molecule has 4 rings (SSSR count). The second kappa shape index (κ2) is 8.65. The van der Waals surface area contributed by atoms with Crippen molar-refractivity contribution in [1.29, 1.82) is 0 Å². The van der Waals surface area contributed by atoms with E-state index in [-0.39, 0.29) is 25.0 Å². The summed E-state index contributed by atoms with van der Waals surface area (Å²) in [5.74, 6) is 0.890. The zero-order valence-corrected chi connectivity index (χ0v) is 17.2. The third-order valence-electron chi connectivity index (χ3n) is 5.30. The lowest BCUT2D eigenvalue weighted by molar-refractivity contribution is -0.137. The molecule has 1 saturated heterocycles. The van der Waals surface area contributed by atoms with Crippen molar-refractivity contribution < 1.29 is 32.2 Å². The molecule has 0 radical (unpaired) electrons. The van der Waals surface area contributed by atoms with Gasteiger partial charge in [0.25, 0.3) is 0 Å². The minimum atomic E-state index is -4.42. The standard InChI is InChI=1S/C21H21F3N4O4/c1-13(29)15-8-17-18(32-12-31-17)9-16(15)26-20(30)11-27-4-6-28(7-5-27)19-3-2-14(10-25-19)21(22,23)24/h2-3,8-10H,4-7,11-12H2,1H3,(H,26,30). The molecule has 0 spiro atoms. The molecular weight excluding hydrogens is 429 g/mol. The summed E-state index contributed by atoms with van der Waals surface area (Å²) in [4.78, 5) is 32.2. The van der Waals surface area contributed by atoms with Crippen LogP contribution in [0.15, 0.2) is 30.5 Å². The number of aromatic nitrogens is 1. The molecule has 1 fully saturated rings. The lowest BCUT2D eigenvalue weighted by Gasteiger charge is -2.35. The number of alkyl halides is 3. The monoisotopic (exact) mass is 450 g/mol. The van der Waals surface area contributed by atoms with E-state index < -0.39 is 11.7 Å². The highest BCUT2D eigenvalue weighted by Gasteiger charge is 2.31. The van der Waals surface area contributed by atoms with Gasteiger partial charge < -0.3 is 19.7 Å². The number of ketones is 1. The average molecular weight is 450 g/mol. The van der Waals surface area contributed by atoms with Gasteiger partial charge in [-0.3, -0.25) is 14.5 Å². The van der Waals surface area contributed by atoms with Crippen LogP contribution in [0.25, 0.3) is 0 Å². The number of rotatable bonds is 5. The van der Waals surface area contributed by atoms with Crippen molar-refractivity contribution in [2.75, 3.05) is 49.7 Å². The number of carbonyl (C=O) groups is 2. The van der Waals surface area contributed by atoms with Crippen LogP contribution < -0.4 is 19.7 Å². The Balaban J connectivity index is 1.33. The summed E-state index contributed by atoms with van der Waals surface area (Å²) in [5, 5.41) is 2.76. The number of amides is 1. The van der Waals surface area contributed by atoms with Gasteiger partial charge in [0.15, 0.2) is 17.3 Å². The first-order chi connectivity index (χ1) is 15.2. The smallest absolute Gasteiger partial charge is 0.417 e. The number of anilines is 2.